The third-order valence-corrected chi connectivity index (χ3v) is 1.55. The summed E-state index contributed by atoms with van der Waals surface area (Å²) in [7, 11) is 0. The Morgan fingerprint density at radius 1 is 1.75 bits per heavy atom. The Hall–Kier alpha value is -1.45. The van der Waals surface area contributed by atoms with E-state index in [0.29, 0.717) is 6.42 Å². The second kappa shape index (κ2) is 3.30. The van der Waals surface area contributed by atoms with Crippen molar-refractivity contribution in [3.63, 3.8) is 0 Å². The van der Waals surface area contributed by atoms with E-state index >= 15 is 0 Å². The molecule has 3 nitrogen and oxygen atoms in total. The van der Waals surface area contributed by atoms with Crippen molar-refractivity contribution in [1.29, 1.82) is 0 Å². The number of rotatable bonds is 2. The number of hydrogen-bond donors (Lipinski definition) is 1. The average Bonchev–Trinajstić information content (AvgIpc) is 2.03. The second-order valence-electron chi connectivity index (χ2n) is 2.28. The van der Waals surface area contributed by atoms with Crippen molar-refractivity contribution < 1.29 is 14.3 Å². The van der Waals surface area contributed by atoms with Crippen LogP contribution in [0.4, 0.5) is 4.39 Å². The number of nitrogens with zero attached hydrogens (tertiary/aromatic N) is 1. The van der Waals surface area contributed by atoms with E-state index in [2.05, 4.69) is 4.98 Å². The lowest BCUT2D eigenvalue weighted by Gasteiger charge is -2.01. The molecule has 1 aromatic heterocycles. The van der Waals surface area contributed by atoms with E-state index in [4.69, 9.17) is 5.11 Å². The quantitative estimate of drug-likeness (QED) is 0.729. The Labute approximate surface area is 68.9 Å². The summed E-state index contributed by atoms with van der Waals surface area (Å²) in [5.41, 5.74) is -0.0394. The first-order chi connectivity index (χ1) is 5.66. The molecule has 0 unspecified atom stereocenters. The fraction of sp³-hybridized carbons (Fsp3) is 0.250. The third kappa shape index (κ3) is 1.42. The molecule has 0 aliphatic heterocycles. The van der Waals surface area contributed by atoms with Crippen LogP contribution in [-0.2, 0) is 6.42 Å². The number of pyridine rings is 1. The molecule has 4 heteroatoms. The van der Waals surface area contributed by atoms with Crippen LogP contribution in [0.1, 0.15) is 23.0 Å². The molecule has 0 spiro atoms. The molecule has 1 heterocycles. The standard InChI is InChI=1S/C8H8FNO2/c1-2-5-6(9)3-4-10-7(5)8(11)12/h3-4H,2H2,1H3,(H,11,12). The number of carboxylic acid groups (broad SMARTS) is 1. The lowest BCUT2D eigenvalue weighted by Crippen LogP contribution is -2.06. The number of carboxylic acids is 1. The molecule has 0 aliphatic rings. The van der Waals surface area contributed by atoms with Gasteiger partial charge in [0.1, 0.15) is 5.82 Å². The molecule has 1 N–H and O–H groups in total. The largest absolute Gasteiger partial charge is 0.477 e. The molecule has 0 saturated carbocycles. The predicted octanol–water partition coefficient (Wildman–Crippen LogP) is 1.48. The summed E-state index contributed by atoms with van der Waals surface area (Å²) in [5, 5.41) is 8.59. The van der Waals surface area contributed by atoms with Gasteiger partial charge in [-0.25, -0.2) is 14.2 Å². The van der Waals surface area contributed by atoms with E-state index in [1.807, 2.05) is 0 Å². The Morgan fingerprint density at radius 3 is 2.83 bits per heavy atom. The molecule has 0 amide bonds. The van der Waals surface area contributed by atoms with E-state index in [1.54, 1.807) is 6.92 Å². The summed E-state index contributed by atoms with van der Waals surface area (Å²) in [4.78, 5) is 14.1. The molecule has 64 valence electrons. The van der Waals surface area contributed by atoms with Crippen molar-refractivity contribution in [1.82, 2.24) is 4.98 Å². The number of aromatic carboxylic acids is 1. The molecule has 0 aliphatic carbocycles. The van der Waals surface area contributed by atoms with Gasteiger partial charge in [-0.1, -0.05) is 6.92 Å². The molecular weight excluding hydrogens is 161 g/mol. The lowest BCUT2D eigenvalue weighted by atomic mass is 10.1. The molecule has 0 atom stereocenters. The molecule has 0 fully saturated rings. The van der Waals surface area contributed by atoms with Crippen LogP contribution in [0.2, 0.25) is 0 Å². The maximum absolute atomic E-state index is 12.9. The summed E-state index contributed by atoms with van der Waals surface area (Å²) in [5.74, 6) is -1.70. The zero-order chi connectivity index (χ0) is 9.14. The highest BCUT2D eigenvalue weighted by Crippen LogP contribution is 2.11. The van der Waals surface area contributed by atoms with Gasteiger partial charge in [0.05, 0.1) is 0 Å². The van der Waals surface area contributed by atoms with Crippen LogP contribution >= 0.6 is 0 Å². The van der Waals surface area contributed by atoms with E-state index in [0.717, 1.165) is 12.3 Å². The Kier molecular flexibility index (Phi) is 2.38. The molecule has 0 aromatic carbocycles. The highest BCUT2D eigenvalue weighted by molar-refractivity contribution is 5.87. The molecular formula is C8H8FNO2. The monoisotopic (exact) mass is 169 g/mol. The van der Waals surface area contributed by atoms with Gasteiger partial charge in [-0.05, 0) is 12.5 Å². The molecule has 0 bridgehead atoms. The predicted molar refractivity (Wildman–Crippen MR) is 40.5 cm³/mol. The minimum Gasteiger partial charge on any atom is -0.477 e. The lowest BCUT2D eigenvalue weighted by molar-refractivity contribution is 0.0688. The summed E-state index contributed by atoms with van der Waals surface area (Å²) in [6.07, 6.45) is 1.49. The zero-order valence-corrected chi connectivity index (χ0v) is 6.54. The fourth-order valence-corrected chi connectivity index (χ4v) is 0.989. The van der Waals surface area contributed by atoms with Crippen molar-refractivity contribution in [2.45, 2.75) is 13.3 Å². The maximum Gasteiger partial charge on any atom is 0.354 e. The minimum atomic E-state index is -1.19. The van der Waals surface area contributed by atoms with Crippen molar-refractivity contribution in [2.75, 3.05) is 0 Å². The van der Waals surface area contributed by atoms with E-state index in [-0.39, 0.29) is 11.3 Å². The second-order valence-corrected chi connectivity index (χ2v) is 2.28. The fourth-order valence-electron chi connectivity index (χ4n) is 0.989. The number of aromatic nitrogens is 1. The summed E-state index contributed by atoms with van der Waals surface area (Å²) < 4.78 is 12.9. The van der Waals surface area contributed by atoms with Gasteiger partial charge in [-0.2, -0.15) is 0 Å². The van der Waals surface area contributed by atoms with Gasteiger partial charge < -0.3 is 5.11 Å². The third-order valence-electron chi connectivity index (χ3n) is 1.55. The van der Waals surface area contributed by atoms with Crippen LogP contribution in [0.25, 0.3) is 0 Å². The Morgan fingerprint density at radius 2 is 2.42 bits per heavy atom. The van der Waals surface area contributed by atoms with Crippen molar-refractivity contribution in [3.05, 3.63) is 29.3 Å². The van der Waals surface area contributed by atoms with E-state index in [1.165, 1.54) is 0 Å². The molecule has 12 heavy (non-hydrogen) atoms. The highest BCUT2D eigenvalue weighted by atomic mass is 19.1. The molecule has 1 aromatic rings. The Bertz CT molecular complexity index is 312. The summed E-state index contributed by atoms with van der Waals surface area (Å²) in [6.45, 7) is 1.69. The van der Waals surface area contributed by atoms with Gasteiger partial charge in [-0.3, -0.25) is 0 Å². The van der Waals surface area contributed by atoms with Crippen molar-refractivity contribution in [3.8, 4) is 0 Å². The smallest absolute Gasteiger partial charge is 0.354 e. The summed E-state index contributed by atoms with van der Waals surface area (Å²) in [6, 6.07) is 1.16. The highest BCUT2D eigenvalue weighted by Gasteiger charge is 2.13. The molecule has 0 radical (unpaired) electrons. The molecule has 1 rings (SSSR count). The summed E-state index contributed by atoms with van der Waals surface area (Å²) >= 11 is 0. The first-order valence-corrected chi connectivity index (χ1v) is 3.53. The van der Waals surface area contributed by atoms with Crippen LogP contribution in [0.15, 0.2) is 12.3 Å². The van der Waals surface area contributed by atoms with Gasteiger partial charge in [0.2, 0.25) is 0 Å². The Balaban J connectivity index is 3.27. The van der Waals surface area contributed by atoms with Gasteiger partial charge >= 0.3 is 5.97 Å². The number of halogens is 1. The van der Waals surface area contributed by atoms with Crippen LogP contribution in [0.5, 0.6) is 0 Å². The normalized spacial score (nSPS) is 9.83. The van der Waals surface area contributed by atoms with Crippen LogP contribution < -0.4 is 0 Å². The van der Waals surface area contributed by atoms with Gasteiger partial charge in [0, 0.05) is 11.8 Å². The SMILES string of the molecule is CCc1c(F)ccnc1C(=O)O. The first kappa shape index (κ1) is 8.64. The van der Waals surface area contributed by atoms with Gasteiger partial charge in [0.15, 0.2) is 5.69 Å². The van der Waals surface area contributed by atoms with Gasteiger partial charge in [0.25, 0.3) is 0 Å². The zero-order valence-electron chi connectivity index (χ0n) is 6.54. The van der Waals surface area contributed by atoms with E-state index < -0.39 is 11.8 Å². The number of hydrogen-bond acceptors (Lipinski definition) is 2. The maximum atomic E-state index is 12.9. The van der Waals surface area contributed by atoms with Crippen molar-refractivity contribution >= 4 is 5.97 Å². The average molecular weight is 169 g/mol. The van der Waals surface area contributed by atoms with Crippen LogP contribution in [-0.4, -0.2) is 16.1 Å². The van der Waals surface area contributed by atoms with E-state index in [9.17, 15) is 9.18 Å². The van der Waals surface area contributed by atoms with Crippen LogP contribution in [0, 0.1) is 5.82 Å². The van der Waals surface area contributed by atoms with Crippen molar-refractivity contribution in [2.24, 2.45) is 0 Å². The molecule has 0 saturated heterocycles. The number of carbonyl (C=O) groups is 1. The first-order valence-electron chi connectivity index (χ1n) is 3.53. The minimum absolute atomic E-state index is 0.157. The topological polar surface area (TPSA) is 50.2 Å². The van der Waals surface area contributed by atoms with Crippen LogP contribution in [0.3, 0.4) is 0 Å². The van der Waals surface area contributed by atoms with Gasteiger partial charge in [-0.15, -0.1) is 0 Å².